The SMILES string of the molecule is CC(C)(C)OC(=O)N1CCN(C(=O)CCl)[C@H]2CS(=O)(=O)C[C@@H]21. The third kappa shape index (κ3) is 3.65. The van der Waals surface area contributed by atoms with Gasteiger partial charge < -0.3 is 14.5 Å². The van der Waals surface area contributed by atoms with Crippen LogP contribution in [0.5, 0.6) is 0 Å². The highest BCUT2D eigenvalue weighted by Crippen LogP contribution is 2.28. The summed E-state index contributed by atoms with van der Waals surface area (Å²) < 4.78 is 29.3. The number of amides is 2. The summed E-state index contributed by atoms with van der Waals surface area (Å²) in [5.41, 5.74) is -0.660. The summed E-state index contributed by atoms with van der Waals surface area (Å²) in [6.07, 6.45) is -0.544. The van der Waals surface area contributed by atoms with Crippen LogP contribution in [0.2, 0.25) is 0 Å². The molecule has 2 saturated heterocycles. The van der Waals surface area contributed by atoms with Crippen LogP contribution in [0.25, 0.3) is 0 Å². The van der Waals surface area contributed by atoms with Crippen molar-refractivity contribution < 1.29 is 22.7 Å². The highest BCUT2D eigenvalue weighted by molar-refractivity contribution is 7.91. The first-order chi connectivity index (χ1) is 10.0. The molecule has 7 nitrogen and oxygen atoms in total. The maximum atomic E-state index is 12.3. The molecule has 0 spiro atoms. The molecule has 2 aliphatic heterocycles. The maximum absolute atomic E-state index is 12.3. The van der Waals surface area contributed by atoms with Gasteiger partial charge >= 0.3 is 6.09 Å². The van der Waals surface area contributed by atoms with Gasteiger partial charge in [-0.1, -0.05) is 0 Å². The number of hydrogen-bond donors (Lipinski definition) is 0. The number of sulfone groups is 1. The molecule has 9 heteroatoms. The Hall–Kier alpha value is -1.02. The first kappa shape index (κ1) is 17.3. The molecule has 2 amide bonds. The summed E-state index contributed by atoms with van der Waals surface area (Å²) in [4.78, 5) is 27.1. The van der Waals surface area contributed by atoms with Crippen LogP contribution in [0, 0.1) is 0 Å². The smallest absolute Gasteiger partial charge is 0.410 e. The van der Waals surface area contributed by atoms with E-state index >= 15 is 0 Å². The molecule has 22 heavy (non-hydrogen) atoms. The molecule has 0 aromatic carbocycles. The average Bonchev–Trinajstić information content (AvgIpc) is 2.69. The van der Waals surface area contributed by atoms with Crippen molar-refractivity contribution in [3.8, 4) is 0 Å². The lowest BCUT2D eigenvalue weighted by Gasteiger charge is -2.43. The fraction of sp³-hybridized carbons (Fsp3) is 0.846. The molecule has 2 atom stereocenters. The molecule has 2 fully saturated rings. The lowest BCUT2D eigenvalue weighted by molar-refractivity contribution is -0.134. The molecule has 0 radical (unpaired) electrons. The molecular weight excluding hydrogens is 332 g/mol. The Labute approximate surface area is 135 Å². The molecule has 0 N–H and O–H groups in total. The average molecular weight is 353 g/mol. The number of piperazine rings is 1. The van der Waals surface area contributed by atoms with Crippen molar-refractivity contribution in [1.82, 2.24) is 9.80 Å². The fourth-order valence-corrected chi connectivity index (χ4v) is 5.02. The van der Waals surface area contributed by atoms with Crippen molar-refractivity contribution in [2.24, 2.45) is 0 Å². The van der Waals surface area contributed by atoms with E-state index in [1.807, 2.05) is 0 Å². The summed E-state index contributed by atoms with van der Waals surface area (Å²) in [6, 6.07) is -1.11. The lowest BCUT2D eigenvalue weighted by atomic mass is 10.1. The van der Waals surface area contributed by atoms with Crippen molar-refractivity contribution in [1.29, 1.82) is 0 Å². The van der Waals surface area contributed by atoms with Crippen LogP contribution >= 0.6 is 11.6 Å². The summed E-state index contributed by atoms with van der Waals surface area (Å²) in [5.74, 6) is -0.796. The largest absolute Gasteiger partial charge is 0.444 e. The first-order valence-corrected chi connectivity index (χ1v) is 9.45. The quantitative estimate of drug-likeness (QED) is 0.640. The zero-order chi connectivity index (χ0) is 16.7. The van der Waals surface area contributed by atoms with E-state index < -0.39 is 33.6 Å². The van der Waals surface area contributed by atoms with Crippen LogP contribution in [-0.4, -0.2) is 78.4 Å². The topological polar surface area (TPSA) is 84.0 Å². The van der Waals surface area contributed by atoms with Gasteiger partial charge in [-0.3, -0.25) is 4.79 Å². The number of nitrogens with zero attached hydrogens (tertiary/aromatic N) is 2. The van der Waals surface area contributed by atoms with E-state index in [0.717, 1.165) is 0 Å². The number of carbonyl (C=O) groups is 2. The summed E-state index contributed by atoms with van der Waals surface area (Å²) >= 11 is 5.59. The monoisotopic (exact) mass is 352 g/mol. The number of hydrogen-bond acceptors (Lipinski definition) is 5. The third-order valence-electron chi connectivity index (χ3n) is 3.74. The summed E-state index contributed by atoms with van der Waals surface area (Å²) in [7, 11) is -3.30. The van der Waals surface area contributed by atoms with Crippen LogP contribution in [0.4, 0.5) is 4.79 Å². The van der Waals surface area contributed by atoms with Crippen LogP contribution in [0.15, 0.2) is 0 Å². The zero-order valence-corrected chi connectivity index (χ0v) is 14.5. The zero-order valence-electron chi connectivity index (χ0n) is 12.9. The Kier molecular flexibility index (Phi) is 4.64. The van der Waals surface area contributed by atoms with E-state index in [-0.39, 0.29) is 36.4 Å². The predicted molar refractivity (Wildman–Crippen MR) is 81.6 cm³/mol. The van der Waals surface area contributed by atoms with Gasteiger partial charge in [0, 0.05) is 13.1 Å². The van der Waals surface area contributed by atoms with E-state index in [1.54, 1.807) is 20.8 Å². The fourth-order valence-electron chi connectivity index (χ4n) is 2.89. The Morgan fingerprint density at radius 1 is 1.14 bits per heavy atom. The molecule has 2 aliphatic rings. The van der Waals surface area contributed by atoms with Crippen LogP contribution in [-0.2, 0) is 19.4 Å². The van der Waals surface area contributed by atoms with Gasteiger partial charge in [-0.2, -0.15) is 0 Å². The molecule has 0 aromatic rings. The van der Waals surface area contributed by atoms with Gasteiger partial charge in [-0.25, -0.2) is 13.2 Å². The van der Waals surface area contributed by atoms with E-state index in [1.165, 1.54) is 9.80 Å². The van der Waals surface area contributed by atoms with Gasteiger partial charge in [-0.15, -0.1) is 11.6 Å². The van der Waals surface area contributed by atoms with E-state index in [4.69, 9.17) is 16.3 Å². The minimum Gasteiger partial charge on any atom is -0.444 e. The first-order valence-electron chi connectivity index (χ1n) is 7.09. The predicted octanol–water partition coefficient (Wildman–Crippen LogP) is 0.470. The number of carbonyl (C=O) groups excluding carboxylic acids is 2. The molecule has 2 rings (SSSR count). The van der Waals surface area contributed by atoms with E-state index in [9.17, 15) is 18.0 Å². The highest BCUT2D eigenvalue weighted by Gasteiger charge is 2.50. The number of alkyl halides is 1. The van der Waals surface area contributed by atoms with Gasteiger partial charge in [0.25, 0.3) is 0 Å². The number of fused-ring (bicyclic) bond motifs is 1. The van der Waals surface area contributed by atoms with Gasteiger partial charge in [0.1, 0.15) is 11.5 Å². The van der Waals surface area contributed by atoms with Gasteiger partial charge in [0.15, 0.2) is 9.84 Å². The molecule has 0 unspecified atom stereocenters. The van der Waals surface area contributed by atoms with Crippen molar-refractivity contribution in [2.45, 2.75) is 38.5 Å². The van der Waals surface area contributed by atoms with Gasteiger partial charge in [0.2, 0.25) is 5.91 Å². The standard InChI is InChI=1S/C13H21ClN2O5S/c1-13(2,3)21-12(18)16-5-4-15(11(17)6-14)9-7-22(19,20)8-10(9)16/h9-10H,4-8H2,1-3H3/t9-,10-/m0/s1. The number of halogens is 1. The minimum atomic E-state index is -3.30. The Morgan fingerprint density at radius 2 is 1.64 bits per heavy atom. The molecule has 2 heterocycles. The Balaban J connectivity index is 2.23. The minimum absolute atomic E-state index is 0.139. The normalized spacial score (nSPS) is 27.5. The highest BCUT2D eigenvalue weighted by atomic mass is 35.5. The number of rotatable bonds is 1. The summed E-state index contributed by atoms with van der Waals surface area (Å²) in [5, 5.41) is 0. The van der Waals surface area contributed by atoms with E-state index in [0.29, 0.717) is 0 Å². The van der Waals surface area contributed by atoms with Crippen LogP contribution in [0.1, 0.15) is 20.8 Å². The molecule has 0 bridgehead atoms. The number of ether oxygens (including phenoxy) is 1. The lowest BCUT2D eigenvalue weighted by Crippen LogP contribution is -2.62. The van der Waals surface area contributed by atoms with Crippen LogP contribution in [0.3, 0.4) is 0 Å². The van der Waals surface area contributed by atoms with Crippen molar-refractivity contribution in [3.63, 3.8) is 0 Å². The van der Waals surface area contributed by atoms with Crippen LogP contribution < -0.4 is 0 Å². The third-order valence-corrected chi connectivity index (χ3v) is 5.67. The molecule has 126 valence electrons. The van der Waals surface area contributed by atoms with Gasteiger partial charge in [-0.05, 0) is 20.8 Å². The molecule has 0 aromatic heterocycles. The summed E-state index contributed by atoms with van der Waals surface area (Å²) in [6.45, 7) is 5.76. The molecular formula is C13H21ClN2O5S. The second kappa shape index (κ2) is 5.88. The Bertz CT molecular complexity index is 571. The van der Waals surface area contributed by atoms with Gasteiger partial charge in [0.05, 0.1) is 23.6 Å². The van der Waals surface area contributed by atoms with E-state index in [2.05, 4.69) is 0 Å². The Morgan fingerprint density at radius 3 is 2.14 bits per heavy atom. The van der Waals surface area contributed by atoms with Crippen molar-refractivity contribution in [3.05, 3.63) is 0 Å². The second-order valence-corrected chi connectivity index (χ2v) is 9.03. The van der Waals surface area contributed by atoms with Crippen molar-refractivity contribution >= 4 is 33.4 Å². The molecule has 0 aliphatic carbocycles. The molecule has 0 saturated carbocycles. The second-order valence-electron chi connectivity index (χ2n) is 6.61. The van der Waals surface area contributed by atoms with Crippen molar-refractivity contribution in [2.75, 3.05) is 30.5 Å². The maximum Gasteiger partial charge on any atom is 0.410 e.